The maximum Gasteiger partial charge on any atom is 0.261 e. The van der Waals surface area contributed by atoms with Crippen LogP contribution in [0, 0.1) is 0 Å². The summed E-state index contributed by atoms with van der Waals surface area (Å²) < 4.78 is 0. The van der Waals surface area contributed by atoms with Gasteiger partial charge in [0.25, 0.3) is 11.5 Å². The first-order chi connectivity index (χ1) is 9.24. The molecule has 19 heavy (non-hydrogen) atoms. The van der Waals surface area contributed by atoms with Crippen LogP contribution in [0.25, 0.3) is 10.9 Å². The van der Waals surface area contributed by atoms with Crippen LogP contribution in [0.4, 0.5) is 0 Å². The molecule has 1 saturated heterocycles. The average Bonchev–Trinajstić information content (AvgIpc) is 2.90. The van der Waals surface area contributed by atoms with Crippen LogP contribution in [0.5, 0.6) is 0 Å². The predicted octanol–water partition coefficient (Wildman–Crippen LogP) is 0.620. The monoisotopic (exact) mass is 257 g/mol. The molecule has 5 heteroatoms. The third-order valence-corrected chi connectivity index (χ3v) is 3.39. The highest BCUT2D eigenvalue weighted by Gasteiger charge is 2.19. The zero-order valence-electron chi connectivity index (χ0n) is 10.4. The molecule has 1 fully saturated rings. The minimum Gasteiger partial charge on any atom is -0.348 e. The number of carbonyl (C=O) groups is 1. The molecule has 1 atom stereocenters. The Morgan fingerprint density at radius 3 is 2.95 bits per heavy atom. The molecule has 0 spiro atoms. The fourth-order valence-electron chi connectivity index (χ4n) is 2.36. The highest BCUT2D eigenvalue weighted by atomic mass is 16.2. The summed E-state index contributed by atoms with van der Waals surface area (Å²) in [5.41, 5.74) is 0.569. The number of fused-ring (bicyclic) bond motifs is 1. The van der Waals surface area contributed by atoms with Crippen molar-refractivity contribution in [2.45, 2.75) is 12.5 Å². The van der Waals surface area contributed by atoms with Gasteiger partial charge in [-0.05, 0) is 30.5 Å². The number of pyridine rings is 1. The number of amides is 1. The molecule has 1 aromatic heterocycles. The van der Waals surface area contributed by atoms with Crippen molar-refractivity contribution in [1.29, 1.82) is 0 Å². The molecular formula is C14H15N3O2. The molecule has 5 nitrogen and oxygen atoms in total. The number of aromatic nitrogens is 1. The zero-order chi connectivity index (χ0) is 13.2. The van der Waals surface area contributed by atoms with Crippen LogP contribution in [-0.4, -0.2) is 30.0 Å². The number of rotatable bonds is 2. The molecule has 1 aliphatic heterocycles. The van der Waals surface area contributed by atoms with Gasteiger partial charge in [0.2, 0.25) is 0 Å². The summed E-state index contributed by atoms with van der Waals surface area (Å²) in [5.74, 6) is -0.305. The Balaban J connectivity index is 1.92. The van der Waals surface area contributed by atoms with Crippen molar-refractivity contribution in [3.63, 3.8) is 0 Å². The summed E-state index contributed by atoms with van der Waals surface area (Å²) in [7, 11) is 0. The fraction of sp³-hybridized carbons (Fsp3) is 0.286. The van der Waals surface area contributed by atoms with Crippen LogP contribution in [0.1, 0.15) is 16.8 Å². The van der Waals surface area contributed by atoms with Gasteiger partial charge in [0.05, 0.1) is 0 Å². The van der Waals surface area contributed by atoms with Gasteiger partial charge in [0.15, 0.2) is 0 Å². The molecule has 1 aliphatic rings. The summed E-state index contributed by atoms with van der Waals surface area (Å²) in [6.45, 7) is 1.66. The molecule has 1 aromatic carbocycles. The number of hydrogen-bond donors (Lipinski definition) is 3. The maximum absolute atomic E-state index is 12.1. The maximum atomic E-state index is 12.1. The number of carbonyl (C=O) groups excluding carboxylic acids is 1. The van der Waals surface area contributed by atoms with Crippen molar-refractivity contribution in [3.05, 3.63) is 46.2 Å². The van der Waals surface area contributed by atoms with Crippen molar-refractivity contribution in [2.24, 2.45) is 0 Å². The smallest absolute Gasteiger partial charge is 0.261 e. The third kappa shape index (κ3) is 2.37. The van der Waals surface area contributed by atoms with Crippen LogP contribution in [-0.2, 0) is 0 Å². The molecule has 3 rings (SSSR count). The number of H-pyrrole nitrogens is 1. The van der Waals surface area contributed by atoms with Crippen molar-refractivity contribution in [2.75, 3.05) is 13.1 Å². The molecular weight excluding hydrogens is 242 g/mol. The van der Waals surface area contributed by atoms with E-state index in [0.29, 0.717) is 0 Å². The van der Waals surface area contributed by atoms with Crippen LogP contribution >= 0.6 is 0 Å². The number of nitrogens with one attached hydrogen (secondary N) is 3. The Labute approximate surface area is 110 Å². The van der Waals surface area contributed by atoms with E-state index in [1.165, 1.54) is 0 Å². The quantitative estimate of drug-likeness (QED) is 0.738. The molecule has 1 unspecified atom stereocenters. The van der Waals surface area contributed by atoms with Gasteiger partial charge in [-0.1, -0.05) is 18.2 Å². The molecule has 0 saturated carbocycles. The van der Waals surface area contributed by atoms with E-state index < -0.39 is 0 Å². The van der Waals surface area contributed by atoms with Crippen LogP contribution in [0.2, 0.25) is 0 Å². The van der Waals surface area contributed by atoms with Gasteiger partial charge < -0.3 is 15.6 Å². The summed E-state index contributed by atoms with van der Waals surface area (Å²) in [6, 6.07) is 9.17. The lowest BCUT2D eigenvalue weighted by atomic mass is 10.1. The van der Waals surface area contributed by atoms with Crippen molar-refractivity contribution >= 4 is 16.8 Å². The van der Waals surface area contributed by atoms with E-state index in [9.17, 15) is 9.59 Å². The number of aromatic amines is 1. The van der Waals surface area contributed by atoms with Gasteiger partial charge in [-0.3, -0.25) is 9.59 Å². The largest absolute Gasteiger partial charge is 0.348 e. The third-order valence-electron chi connectivity index (χ3n) is 3.39. The summed E-state index contributed by atoms with van der Waals surface area (Å²) in [6.07, 6.45) is 0.900. The van der Waals surface area contributed by atoms with E-state index >= 15 is 0 Å². The SMILES string of the molecule is O=C(NC1CCNC1)c1cc2ccccc2[nH]c1=O. The first-order valence-electron chi connectivity index (χ1n) is 6.38. The Hall–Kier alpha value is -2.14. The second-order valence-electron chi connectivity index (χ2n) is 4.76. The van der Waals surface area contributed by atoms with Gasteiger partial charge >= 0.3 is 0 Å². The van der Waals surface area contributed by atoms with E-state index in [1.807, 2.05) is 24.3 Å². The van der Waals surface area contributed by atoms with E-state index in [-0.39, 0.29) is 23.1 Å². The lowest BCUT2D eigenvalue weighted by Crippen LogP contribution is -2.38. The molecule has 0 bridgehead atoms. The first-order valence-corrected chi connectivity index (χ1v) is 6.38. The Morgan fingerprint density at radius 1 is 1.32 bits per heavy atom. The number of hydrogen-bond acceptors (Lipinski definition) is 3. The second-order valence-corrected chi connectivity index (χ2v) is 4.76. The van der Waals surface area contributed by atoms with Crippen molar-refractivity contribution in [3.8, 4) is 0 Å². The van der Waals surface area contributed by atoms with Crippen molar-refractivity contribution in [1.82, 2.24) is 15.6 Å². The highest BCUT2D eigenvalue weighted by Crippen LogP contribution is 2.10. The molecule has 3 N–H and O–H groups in total. The molecule has 0 radical (unpaired) electrons. The lowest BCUT2D eigenvalue weighted by Gasteiger charge is -2.11. The summed E-state index contributed by atoms with van der Waals surface area (Å²) in [4.78, 5) is 26.8. The van der Waals surface area contributed by atoms with E-state index in [4.69, 9.17) is 0 Å². The second kappa shape index (κ2) is 4.85. The van der Waals surface area contributed by atoms with Gasteiger partial charge in [0, 0.05) is 18.1 Å². The van der Waals surface area contributed by atoms with E-state index in [1.54, 1.807) is 6.07 Å². The summed E-state index contributed by atoms with van der Waals surface area (Å²) in [5, 5.41) is 6.91. The molecule has 1 amide bonds. The topological polar surface area (TPSA) is 74.0 Å². The molecule has 0 aliphatic carbocycles. The van der Waals surface area contributed by atoms with Gasteiger partial charge in [-0.25, -0.2) is 0 Å². The Kier molecular flexibility index (Phi) is 3.05. The average molecular weight is 257 g/mol. The number of para-hydroxylation sites is 1. The molecule has 2 heterocycles. The van der Waals surface area contributed by atoms with Gasteiger partial charge in [-0.15, -0.1) is 0 Å². The van der Waals surface area contributed by atoms with E-state index in [2.05, 4.69) is 15.6 Å². The number of benzene rings is 1. The van der Waals surface area contributed by atoms with Crippen molar-refractivity contribution < 1.29 is 4.79 Å². The van der Waals surface area contributed by atoms with E-state index in [0.717, 1.165) is 30.4 Å². The fourth-order valence-corrected chi connectivity index (χ4v) is 2.36. The minimum atomic E-state index is -0.345. The normalized spacial score (nSPS) is 18.6. The lowest BCUT2D eigenvalue weighted by molar-refractivity contribution is 0.0938. The Bertz CT molecular complexity index is 672. The molecule has 98 valence electrons. The Morgan fingerprint density at radius 2 is 2.16 bits per heavy atom. The van der Waals surface area contributed by atoms with Crippen LogP contribution in [0.3, 0.4) is 0 Å². The molecule has 2 aromatic rings. The summed E-state index contributed by atoms with van der Waals surface area (Å²) >= 11 is 0. The van der Waals surface area contributed by atoms with Gasteiger partial charge in [0.1, 0.15) is 5.56 Å². The zero-order valence-corrected chi connectivity index (χ0v) is 10.4. The van der Waals surface area contributed by atoms with Crippen LogP contribution < -0.4 is 16.2 Å². The predicted molar refractivity (Wildman–Crippen MR) is 73.3 cm³/mol. The highest BCUT2D eigenvalue weighted by molar-refractivity contribution is 5.97. The first kappa shape index (κ1) is 11.9. The minimum absolute atomic E-state index is 0.110. The standard InChI is InChI=1S/C14H15N3O2/c18-13(16-10-5-6-15-8-10)11-7-9-3-1-2-4-12(9)17-14(11)19/h1-4,7,10,15H,5-6,8H2,(H,16,18)(H,17,19). The van der Waals surface area contributed by atoms with Crippen LogP contribution in [0.15, 0.2) is 35.1 Å². The van der Waals surface area contributed by atoms with Gasteiger partial charge in [-0.2, -0.15) is 0 Å².